The van der Waals surface area contributed by atoms with Gasteiger partial charge < -0.3 is 15.9 Å². The number of benzene rings is 1. The second-order valence-corrected chi connectivity index (χ2v) is 4.00. The van der Waals surface area contributed by atoms with Crippen LogP contribution < -0.4 is 5.73 Å². The summed E-state index contributed by atoms with van der Waals surface area (Å²) in [6.45, 7) is 3.24. The Morgan fingerprint density at radius 3 is 2.41 bits per heavy atom. The minimum Gasteiger partial charge on any atom is -0.389 e. The van der Waals surface area contributed by atoms with Crippen LogP contribution in [0.5, 0.6) is 0 Å². The lowest BCUT2D eigenvalue weighted by molar-refractivity contribution is -0.385. The predicted octanol–water partition coefficient (Wildman–Crippen LogP) is 0.565. The van der Waals surface area contributed by atoms with Crippen LogP contribution in [0.1, 0.15) is 22.8 Å². The molecule has 1 aromatic rings. The maximum atomic E-state index is 10.8. The number of aliphatic hydroxyl groups excluding tert-OH is 2. The molecule has 0 aliphatic heterocycles. The van der Waals surface area contributed by atoms with Gasteiger partial charge in [-0.1, -0.05) is 0 Å². The van der Waals surface area contributed by atoms with Crippen molar-refractivity contribution in [2.24, 2.45) is 5.73 Å². The summed E-state index contributed by atoms with van der Waals surface area (Å²) in [6.07, 6.45) is -2.34. The minimum atomic E-state index is -1.21. The van der Waals surface area contributed by atoms with Gasteiger partial charge in [-0.3, -0.25) is 10.1 Å². The zero-order valence-electron chi connectivity index (χ0n) is 9.75. The summed E-state index contributed by atoms with van der Waals surface area (Å²) in [5.74, 6) is 0. The molecule has 0 heterocycles. The van der Waals surface area contributed by atoms with Crippen LogP contribution in [0.2, 0.25) is 0 Å². The van der Waals surface area contributed by atoms with E-state index >= 15 is 0 Å². The molecular weight excluding hydrogens is 224 g/mol. The molecule has 6 heteroatoms. The summed E-state index contributed by atoms with van der Waals surface area (Å²) in [5, 5.41) is 30.1. The zero-order chi connectivity index (χ0) is 13.2. The van der Waals surface area contributed by atoms with Gasteiger partial charge in [0, 0.05) is 18.2 Å². The lowest BCUT2D eigenvalue weighted by Crippen LogP contribution is -2.27. The van der Waals surface area contributed by atoms with Crippen molar-refractivity contribution in [1.82, 2.24) is 0 Å². The SMILES string of the molecule is Cc1cc(C)c([N+](=O)[O-])cc1C(O)C(O)CN. The van der Waals surface area contributed by atoms with E-state index in [1.807, 2.05) is 0 Å². The molecule has 17 heavy (non-hydrogen) atoms. The average Bonchev–Trinajstić information content (AvgIpc) is 2.26. The van der Waals surface area contributed by atoms with Gasteiger partial charge in [0.1, 0.15) is 6.10 Å². The lowest BCUT2D eigenvalue weighted by atomic mass is 9.96. The van der Waals surface area contributed by atoms with Crippen molar-refractivity contribution >= 4 is 5.69 Å². The van der Waals surface area contributed by atoms with Crippen molar-refractivity contribution in [3.8, 4) is 0 Å². The Balaban J connectivity index is 3.24. The summed E-state index contributed by atoms with van der Waals surface area (Å²) in [7, 11) is 0. The largest absolute Gasteiger partial charge is 0.389 e. The van der Waals surface area contributed by atoms with Crippen molar-refractivity contribution in [3.63, 3.8) is 0 Å². The Hall–Kier alpha value is -1.50. The van der Waals surface area contributed by atoms with Crippen molar-refractivity contribution in [3.05, 3.63) is 38.9 Å². The van der Waals surface area contributed by atoms with Gasteiger partial charge >= 0.3 is 0 Å². The third kappa shape index (κ3) is 2.79. The third-order valence-corrected chi connectivity index (χ3v) is 2.71. The van der Waals surface area contributed by atoms with Crippen molar-refractivity contribution in [2.75, 3.05) is 6.54 Å². The van der Waals surface area contributed by atoms with Crippen LogP contribution in [-0.2, 0) is 0 Å². The quantitative estimate of drug-likeness (QED) is 0.526. The molecule has 0 spiro atoms. The van der Waals surface area contributed by atoms with Gasteiger partial charge in [0.25, 0.3) is 5.69 Å². The van der Waals surface area contributed by atoms with E-state index in [4.69, 9.17) is 5.73 Å². The second kappa shape index (κ2) is 5.22. The molecule has 0 aliphatic carbocycles. The number of nitrogens with two attached hydrogens (primary N) is 1. The van der Waals surface area contributed by atoms with E-state index in [1.165, 1.54) is 6.07 Å². The van der Waals surface area contributed by atoms with Crippen molar-refractivity contribution in [2.45, 2.75) is 26.1 Å². The number of aryl methyl sites for hydroxylation is 2. The molecular formula is C11H16N2O4. The zero-order valence-corrected chi connectivity index (χ0v) is 9.75. The topological polar surface area (TPSA) is 110 Å². The molecule has 0 amide bonds. The Labute approximate surface area is 98.8 Å². The first-order chi connectivity index (χ1) is 7.88. The maximum Gasteiger partial charge on any atom is 0.272 e. The van der Waals surface area contributed by atoms with Crippen LogP contribution in [0.3, 0.4) is 0 Å². The molecule has 2 atom stereocenters. The van der Waals surface area contributed by atoms with Crippen LogP contribution in [-0.4, -0.2) is 27.8 Å². The van der Waals surface area contributed by atoms with Crippen molar-refractivity contribution in [1.29, 1.82) is 0 Å². The van der Waals surface area contributed by atoms with Gasteiger partial charge in [0.15, 0.2) is 0 Å². The number of hydrogen-bond donors (Lipinski definition) is 3. The maximum absolute atomic E-state index is 10.8. The fourth-order valence-electron chi connectivity index (χ4n) is 1.71. The highest BCUT2D eigenvalue weighted by Gasteiger charge is 2.22. The molecule has 0 bridgehead atoms. The third-order valence-electron chi connectivity index (χ3n) is 2.71. The lowest BCUT2D eigenvalue weighted by Gasteiger charge is -2.18. The van der Waals surface area contributed by atoms with E-state index in [-0.39, 0.29) is 12.2 Å². The number of hydrogen-bond acceptors (Lipinski definition) is 5. The molecule has 0 radical (unpaired) electrons. The number of nitrogens with zero attached hydrogens (tertiary/aromatic N) is 1. The van der Waals surface area contributed by atoms with E-state index in [2.05, 4.69) is 0 Å². The van der Waals surface area contributed by atoms with Crippen LogP contribution in [0.25, 0.3) is 0 Å². The summed E-state index contributed by atoms with van der Waals surface area (Å²) in [4.78, 5) is 10.3. The Morgan fingerprint density at radius 2 is 1.94 bits per heavy atom. The van der Waals surface area contributed by atoms with Gasteiger partial charge in [-0.15, -0.1) is 0 Å². The molecule has 4 N–H and O–H groups in total. The van der Waals surface area contributed by atoms with Crippen LogP contribution in [0.15, 0.2) is 12.1 Å². The van der Waals surface area contributed by atoms with Crippen molar-refractivity contribution < 1.29 is 15.1 Å². The summed E-state index contributed by atoms with van der Waals surface area (Å²) >= 11 is 0. The normalized spacial score (nSPS) is 14.4. The molecule has 1 rings (SSSR count). The fourth-order valence-corrected chi connectivity index (χ4v) is 1.71. The molecule has 0 aromatic heterocycles. The van der Waals surface area contributed by atoms with Crippen LogP contribution in [0.4, 0.5) is 5.69 Å². The number of nitro benzene ring substituents is 1. The summed E-state index contributed by atoms with van der Waals surface area (Å²) < 4.78 is 0. The van der Waals surface area contributed by atoms with E-state index < -0.39 is 17.1 Å². The van der Waals surface area contributed by atoms with E-state index in [9.17, 15) is 20.3 Å². The number of nitro groups is 1. The molecule has 0 fully saturated rings. The number of rotatable bonds is 4. The first-order valence-electron chi connectivity index (χ1n) is 5.20. The summed E-state index contributed by atoms with van der Waals surface area (Å²) in [5.41, 5.74) is 6.71. The molecule has 2 unspecified atom stereocenters. The van der Waals surface area contributed by atoms with Gasteiger partial charge in [-0.2, -0.15) is 0 Å². The van der Waals surface area contributed by atoms with E-state index in [0.29, 0.717) is 16.7 Å². The highest BCUT2D eigenvalue weighted by Crippen LogP contribution is 2.28. The second-order valence-electron chi connectivity index (χ2n) is 4.00. The monoisotopic (exact) mass is 240 g/mol. The van der Waals surface area contributed by atoms with E-state index in [0.717, 1.165) is 0 Å². The van der Waals surface area contributed by atoms with Crippen LogP contribution >= 0.6 is 0 Å². The Morgan fingerprint density at radius 1 is 1.35 bits per heavy atom. The van der Waals surface area contributed by atoms with Gasteiger partial charge in [-0.05, 0) is 31.0 Å². The fraction of sp³-hybridized carbons (Fsp3) is 0.455. The molecule has 6 nitrogen and oxygen atoms in total. The average molecular weight is 240 g/mol. The van der Waals surface area contributed by atoms with Gasteiger partial charge in [-0.25, -0.2) is 0 Å². The predicted molar refractivity (Wildman–Crippen MR) is 62.6 cm³/mol. The first-order valence-corrected chi connectivity index (χ1v) is 5.20. The minimum absolute atomic E-state index is 0.0751. The summed E-state index contributed by atoms with van der Waals surface area (Å²) in [6, 6.07) is 2.90. The van der Waals surface area contributed by atoms with Crippen LogP contribution in [0, 0.1) is 24.0 Å². The standard InChI is InChI=1S/C11H16N2O4/c1-6-3-7(2)9(13(16)17)4-8(6)11(15)10(14)5-12/h3-4,10-11,14-15H,5,12H2,1-2H3. The van der Waals surface area contributed by atoms with E-state index in [1.54, 1.807) is 19.9 Å². The Bertz CT molecular complexity index is 434. The Kier molecular flexibility index (Phi) is 4.17. The molecule has 0 aliphatic rings. The molecule has 0 saturated heterocycles. The van der Waals surface area contributed by atoms with Gasteiger partial charge in [0.05, 0.1) is 11.0 Å². The molecule has 1 aromatic carbocycles. The highest BCUT2D eigenvalue weighted by atomic mass is 16.6. The smallest absolute Gasteiger partial charge is 0.272 e. The molecule has 94 valence electrons. The first kappa shape index (κ1) is 13.6. The number of aliphatic hydroxyl groups is 2. The highest BCUT2D eigenvalue weighted by molar-refractivity contribution is 5.47. The molecule has 0 saturated carbocycles. The van der Waals surface area contributed by atoms with Gasteiger partial charge in [0.2, 0.25) is 0 Å².